The monoisotopic (exact) mass is 231 g/mol. The largest absolute Gasteiger partial charge is 0.453 e. The van der Waals surface area contributed by atoms with Crippen LogP contribution in [0, 0.1) is 5.82 Å². The van der Waals surface area contributed by atoms with Crippen LogP contribution in [-0.4, -0.2) is 4.98 Å². The third kappa shape index (κ3) is 2.81. The number of halogens is 1. The minimum absolute atomic E-state index is 0.224. The van der Waals surface area contributed by atoms with Gasteiger partial charge >= 0.3 is 0 Å². The van der Waals surface area contributed by atoms with Crippen molar-refractivity contribution in [2.24, 2.45) is 0 Å². The van der Waals surface area contributed by atoms with Crippen LogP contribution in [0.25, 0.3) is 0 Å². The van der Waals surface area contributed by atoms with Crippen molar-refractivity contribution in [2.45, 2.75) is 19.8 Å². The highest BCUT2D eigenvalue weighted by Crippen LogP contribution is 2.26. The minimum Gasteiger partial charge on any atom is -0.453 e. The predicted molar refractivity (Wildman–Crippen MR) is 64.8 cm³/mol. The lowest BCUT2D eigenvalue weighted by molar-refractivity contribution is 0.439. The number of nitrogens with zero attached hydrogens (tertiary/aromatic N) is 1. The molecule has 0 saturated carbocycles. The summed E-state index contributed by atoms with van der Waals surface area (Å²) in [5, 5.41) is 0. The third-order valence-corrected chi connectivity index (χ3v) is 2.48. The topological polar surface area (TPSA) is 22.1 Å². The van der Waals surface area contributed by atoms with E-state index in [1.807, 2.05) is 19.9 Å². The summed E-state index contributed by atoms with van der Waals surface area (Å²) in [5.74, 6) is 0.711. The van der Waals surface area contributed by atoms with E-state index in [0.29, 0.717) is 11.7 Å². The second-order valence-electron chi connectivity index (χ2n) is 4.14. The fourth-order valence-electron chi connectivity index (χ4n) is 1.49. The van der Waals surface area contributed by atoms with E-state index in [0.717, 1.165) is 5.56 Å². The van der Waals surface area contributed by atoms with Crippen LogP contribution in [0.2, 0.25) is 0 Å². The average molecular weight is 231 g/mol. The van der Waals surface area contributed by atoms with Gasteiger partial charge in [-0.2, -0.15) is 0 Å². The molecule has 0 aliphatic heterocycles. The maximum absolute atomic E-state index is 13.8. The Morgan fingerprint density at radius 3 is 2.65 bits per heavy atom. The molecule has 88 valence electrons. The van der Waals surface area contributed by atoms with Crippen LogP contribution < -0.4 is 4.74 Å². The van der Waals surface area contributed by atoms with E-state index in [-0.39, 0.29) is 11.6 Å². The van der Waals surface area contributed by atoms with Crippen molar-refractivity contribution >= 4 is 0 Å². The normalized spacial score (nSPS) is 10.6. The summed E-state index contributed by atoms with van der Waals surface area (Å²) in [7, 11) is 0. The lowest BCUT2D eigenvalue weighted by atomic mass is 10.0. The van der Waals surface area contributed by atoms with Gasteiger partial charge in [0.05, 0.1) is 6.20 Å². The smallest absolute Gasteiger partial charge is 0.166 e. The van der Waals surface area contributed by atoms with E-state index < -0.39 is 0 Å². The number of hydrogen-bond acceptors (Lipinski definition) is 2. The Labute approximate surface area is 100 Å². The maximum atomic E-state index is 13.8. The first-order valence-corrected chi connectivity index (χ1v) is 5.54. The first-order chi connectivity index (χ1) is 8.16. The summed E-state index contributed by atoms with van der Waals surface area (Å²) in [6.45, 7) is 4.05. The second kappa shape index (κ2) is 4.95. The molecular weight excluding hydrogens is 217 g/mol. The number of rotatable bonds is 3. The molecule has 0 aliphatic rings. The molecule has 3 heteroatoms. The summed E-state index contributed by atoms with van der Waals surface area (Å²) >= 11 is 0. The molecule has 0 atom stereocenters. The van der Waals surface area contributed by atoms with E-state index in [1.54, 1.807) is 30.6 Å². The van der Waals surface area contributed by atoms with Gasteiger partial charge in [0.25, 0.3) is 0 Å². The third-order valence-electron chi connectivity index (χ3n) is 2.48. The van der Waals surface area contributed by atoms with Gasteiger partial charge in [-0.25, -0.2) is 4.39 Å². The number of hydrogen-bond donors (Lipinski definition) is 0. The highest BCUT2D eigenvalue weighted by Gasteiger charge is 2.07. The minimum atomic E-state index is -0.347. The summed E-state index contributed by atoms with van der Waals surface area (Å²) in [5.41, 5.74) is 0.959. The molecule has 2 nitrogen and oxygen atoms in total. The van der Waals surface area contributed by atoms with Gasteiger partial charge in [0.1, 0.15) is 5.75 Å². The first-order valence-electron chi connectivity index (χ1n) is 5.54. The number of benzene rings is 1. The molecule has 0 N–H and O–H groups in total. The summed E-state index contributed by atoms with van der Waals surface area (Å²) in [6.07, 6.45) is 3.20. The van der Waals surface area contributed by atoms with Crippen molar-refractivity contribution in [3.05, 3.63) is 54.1 Å². The van der Waals surface area contributed by atoms with E-state index in [2.05, 4.69) is 4.98 Å². The van der Waals surface area contributed by atoms with Crippen LogP contribution >= 0.6 is 0 Å². The Morgan fingerprint density at radius 2 is 2.06 bits per heavy atom. The van der Waals surface area contributed by atoms with Crippen molar-refractivity contribution in [3.8, 4) is 11.5 Å². The van der Waals surface area contributed by atoms with Crippen molar-refractivity contribution in [2.75, 3.05) is 0 Å². The standard InChI is InChI=1S/C14H14FNO/c1-10(2)11-5-6-14(13(15)8-11)17-12-4-3-7-16-9-12/h3-10H,1-2H3. The highest BCUT2D eigenvalue weighted by molar-refractivity contribution is 5.34. The molecule has 0 spiro atoms. The Bertz CT molecular complexity index is 497. The summed E-state index contributed by atoms with van der Waals surface area (Å²) in [6, 6.07) is 8.52. The SMILES string of the molecule is CC(C)c1ccc(Oc2cccnc2)c(F)c1. The number of aromatic nitrogens is 1. The van der Waals surface area contributed by atoms with Crippen LogP contribution in [0.4, 0.5) is 4.39 Å². The van der Waals surface area contributed by atoms with Crippen LogP contribution in [0.1, 0.15) is 25.3 Å². The van der Waals surface area contributed by atoms with Crippen LogP contribution in [0.15, 0.2) is 42.7 Å². The molecule has 0 fully saturated rings. The number of pyridine rings is 1. The van der Waals surface area contributed by atoms with E-state index in [4.69, 9.17) is 4.74 Å². The molecule has 1 aromatic heterocycles. The Morgan fingerprint density at radius 1 is 1.24 bits per heavy atom. The Hall–Kier alpha value is -1.90. The molecule has 1 heterocycles. The van der Waals surface area contributed by atoms with Gasteiger partial charge in [-0.1, -0.05) is 19.9 Å². The van der Waals surface area contributed by atoms with E-state index in [9.17, 15) is 4.39 Å². The van der Waals surface area contributed by atoms with Crippen LogP contribution in [0.5, 0.6) is 11.5 Å². The average Bonchev–Trinajstić information content (AvgIpc) is 2.33. The predicted octanol–water partition coefficient (Wildman–Crippen LogP) is 4.14. The molecule has 17 heavy (non-hydrogen) atoms. The van der Waals surface area contributed by atoms with Gasteiger partial charge in [-0.15, -0.1) is 0 Å². The zero-order valence-electron chi connectivity index (χ0n) is 9.85. The van der Waals surface area contributed by atoms with Crippen molar-refractivity contribution in [1.29, 1.82) is 0 Å². The van der Waals surface area contributed by atoms with Crippen LogP contribution in [0.3, 0.4) is 0 Å². The van der Waals surface area contributed by atoms with Gasteiger partial charge in [0.15, 0.2) is 11.6 Å². The lowest BCUT2D eigenvalue weighted by Crippen LogP contribution is -1.93. The molecule has 2 rings (SSSR count). The molecular formula is C14H14FNO. The second-order valence-corrected chi connectivity index (χ2v) is 4.14. The summed E-state index contributed by atoms with van der Waals surface area (Å²) < 4.78 is 19.2. The zero-order chi connectivity index (χ0) is 12.3. The fourth-order valence-corrected chi connectivity index (χ4v) is 1.49. The fraction of sp³-hybridized carbons (Fsp3) is 0.214. The first kappa shape index (κ1) is 11.6. The van der Waals surface area contributed by atoms with Gasteiger partial charge < -0.3 is 4.74 Å². The molecule has 0 aliphatic carbocycles. The van der Waals surface area contributed by atoms with Gasteiger partial charge in [-0.3, -0.25) is 4.98 Å². The lowest BCUT2D eigenvalue weighted by Gasteiger charge is -2.09. The molecule has 0 amide bonds. The molecule has 2 aromatic rings. The Balaban J connectivity index is 2.23. The molecule has 0 saturated heterocycles. The number of ether oxygens (including phenoxy) is 1. The van der Waals surface area contributed by atoms with Gasteiger partial charge in [0.2, 0.25) is 0 Å². The van der Waals surface area contributed by atoms with Crippen molar-refractivity contribution in [1.82, 2.24) is 4.98 Å². The van der Waals surface area contributed by atoms with E-state index in [1.165, 1.54) is 6.07 Å². The van der Waals surface area contributed by atoms with Gasteiger partial charge in [0, 0.05) is 6.20 Å². The highest BCUT2D eigenvalue weighted by atomic mass is 19.1. The van der Waals surface area contributed by atoms with Crippen molar-refractivity contribution < 1.29 is 9.13 Å². The maximum Gasteiger partial charge on any atom is 0.166 e. The molecule has 0 radical (unpaired) electrons. The van der Waals surface area contributed by atoms with E-state index >= 15 is 0 Å². The quantitative estimate of drug-likeness (QED) is 0.792. The molecule has 0 unspecified atom stereocenters. The van der Waals surface area contributed by atoms with Crippen molar-refractivity contribution in [3.63, 3.8) is 0 Å². The summed E-state index contributed by atoms with van der Waals surface area (Å²) in [4.78, 5) is 3.91. The zero-order valence-corrected chi connectivity index (χ0v) is 9.85. The van der Waals surface area contributed by atoms with Gasteiger partial charge in [-0.05, 0) is 35.7 Å². The molecule has 0 bridgehead atoms. The van der Waals surface area contributed by atoms with Crippen LogP contribution in [-0.2, 0) is 0 Å². The Kier molecular flexibility index (Phi) is 3.38. The molecule has 1 aromatic carbocycles.